The summed E-state index contributed by atoms with van der Waals surface area (Å²) in [6, 6.07) is 2.70. The number of anilines is 1. The van der Waals surface area contributed by atoms with Crippen molar-refractivity contribution >= 4 is 39.9 Å². The van der Waals surface area contributed by atoms with Crippen molar-refractivity contribution in [1.29, 1.82) is 0 Å². The Kier molecular flexibility index (Phi) is 5.78. The largest absolute Gasteiger partial charge is 0.498 e. The molecule has 0 saturated carbocycles. The van der Waals surface area contributed by atoms with Gasteiger partial charge in [0.15, 0.2) is 4.90 Å². The summed E-state index contributed by atoms with van der Waals surface area (Å²) in [7, 11) is -4.42. The SMILES string of the molecule is COc1ncc(Cl)cc1S(=O)(=O)Nc1cc(F)cc(B2OC(C)(C)C(C)(C)O2)c1F. The van der Waals surface area contributed by atoms with Crippen LogP contribution in [0.4, 0.5) is 14.5 Å². The molecule has 7 nitrogen and oxygen atoms in total. The number of aromatic nitrogens is 1. The maximum Gasteiger partial charge on any atom is 0.498 e. The number of rotatable bonds is 5. The summed E-state index contributed by atoms with van der Waals surface area (Å²) in [5, 5.41) is 0.0220. The van der Waals surface area contributed by atoms with Gasteiger partial charge in [-0.3, -0.25) is 4.72 Å². The van der Waals surface area contributed by atoms with Crippen LogP contribution >= 0.6 is 11.6 Å². The van der Waals surface area contributed by atoms with Crippen LogP contribution in [0.25, 0.3) is 0 Å². The van der Waals surface area contributed by atoms with E-state index in [0.717, 1.165) is 12.1 Å². The Morgan fingerprint density at radius 1 is 1.13 bits per heavy atom. The summed E-state index contributed by atoms with van der Waals surface area (Å²) in [5.41, 5.74) is -2.49. The second-order valence-corrected chi connectivity index (χ2v) is 9.80. The Bertz CT molecular complexity index is 1080. The molecule has 2 aromatic rings. The molecular weight excluding hydrogens is 441 g/mol. The number of hydrogen-bond acceptors (Lipinski definition) is 6. The Morgan fingerprint density at radius 2 is 1.73 bits per heavy atom. The first-order valence-electron chi connectivity index (χ1n) is 8.84. The Hall–Kier alpha value is -1.95. The average molecular weight is 461 g/mol. The summed E-state index contributed by atoms with van der Waals surface area (Å²) in [4.78, 5) is 3.34. The second-order valence-electron chi connectivity index (χ2n) is 7.71. The standard InChI is InChI=1S/C18H20BClF2N2O5S/c1-17(2)18(3,4)29-19(28-17)12-7-11(21)8-13(15(12)22)24-30(25,26)14-6-10(20)9-23-16(14)27-5/h6-9,24H,1-5H3. The zero-order chi connectivity index (χ0) is 22.5. The zero-order valence-corrected chi connectivity index (χ0v) is 18.5. The van der Waals surface area contributed by atoms with E-state index in [2.05, 4.69) is 4.98 Å². The van der Waals surface area contributed by atoms with E-state index in [1.54, 1.807) is 27.7 Å². The van der Waals surface area contributed by atoms with E-state index in [-0.39, 0.29) is 16.4 Å². The molecule has 1 N–H and O–H groups in total. The molecule has 1 aliphatic heterocycles. The lowest BCUT2D eigenvalue weighted by Crippen LogP contribution is -2.41. The van der Waals surface area contributed by atoms with Crippen LogP contribution in [0.1, 0.15) is 27.7 Å². The Morgan fingerprint density at radius 3 is 2.30 bits per heavy atom. The van der Waals surface area contributed by atoms with Gasteiger partial charge in [-0.15, -0.1) is 0 Å². The summed E-state index contributed by atoms with van der Waals surface area (Å²) >= 11 is 5.83. The molecule has 1 fully saturated rings. The van der Waals surface area contributed by atoms with Crippen molar-refractivity contribution in [1.82, 2.24) is 4.98 Å². The predicted molar refractivity (Wildman–Crippen MR) is 109 cm³/mol. The molecule has 0 bridgehead atoms. The number of benzene rings is 1. The first-order valence-corrected chi connectivity index (χ1v) is 10.7. The highest BCUT2D eigenvalue weighted by Gasteiger charge is 2.52. The Balaban J connectivity index is 2.02. The molecule has 0 unspecified atom stereocenters. The first-order chi connectivity index (χ1) is 13.8. The number of halogens is 3. The van der Waals surface area contributed by atoms with Gasteiger partial charge in [-0.1, -0.05) is 11.6 Å². The topological polar surface area (TPSA) is 86.8 Å². The van der Waals surface area contributed by atoms with E-state index < -0.39 is 50.6 Å². The van der Waals surface area contributed by atoms with E-state index in [1.165, 1.54) is 13.3 Å². The highest BCUT2D eigenvalue weighted by atomic mass is 35.5. The van der Waals surface area contributed by atoms with Crippen LogP contribution in [-0.2, 0) is 19.3 Å². The van der Waals surface area contributed by atoms with E-state index in [1.807, 2.05) is 4.72 Å². The molecule has 0 radical (unpaired) electrons. The molecule has 0 atom stereocenters. The van der Waals surface area contributed by atoms with Crippen LogP contribution in [0, 0.1) is 11.6 Å². The third kappa shape index (κ3) is 4.11. The molecular formula is C18H20BClF2N2O5S. The van der Waals surface area contributed by atoms with Gasteiger partial charge in [-0.05, 0) is 39.8 Å². The zero-order valence-electron chi connectivity index (χ0n) is 16.9. The van der Waals surface area contributed by atoms with Crippen molar-refractivity contribution in [2.45, 2.75) is 43.8 Å². The minimum Gasteiger partial charge on any atom is -0.480 e. The average Bonchev–Trinajstić information content (AvgIpc) is 2.85. The van der Waals surface area contributed by atoms with E-state index in [9.17, 15) is 12.8 Å². The molecule has 0 amide bonds. The van der Waals surface area contributed by atoms with Crippen LogP contribution in [0.3, 0.4) is 0 Å². The van der Waals surface area contributed by atoms with E-state index in [4.69, 9.17) is 25.6 Å². The van der Waals surface area contributed by atoms with Crippen LogP contribution in [0.15, 0.2) is 29.3 Å². The van der Waals surface area contributed by atoms with Crippen molar-refractivity contribution in [2.24, 2.45) is 0 Å². The summed E-state index contributed by atoms with van der Waals surface area (Å²) in [6.45, 7) is 7.02. The maximum absolute atomic E-state index is 15.2. The van der Waals surface area contributed by atoms with Gasteiger partial charge in [0, 0.05) is 17.7 Å². The van der Waals surface area contributed by atoms with Crippen molar-refractivity contribution in [2.75, 3.05) is 11.8 Å². The Labute approximate surface area is 178 Å². The highest BCUT2D eigenvalue weighted by Crippen LogP contribution is 2.37. The molecule has 30 heavy (non-hydrogen) atoms. The smallest absolute Gasteiger partial charge is 0.480 e. The van der Waals surface area contributed by atoms with Crippen LogP contribution < -0.4 is 14.9 Å². The monoisotopic (exact) mass is 460 g/mol. The molecule has 1 saturated heterocycles. The van der Waals surface area contributed by atoms with Gasteiger partial charge < -0.3 is 14.0 Å². The van der Waals surface area contributed by atoms with Gasteiger partial charge in [0.25, 0.3) is 10.0 Å². The normalized spacial score (nSPS) is 17.8. The van der Waals surface area contributed by atoms with Crippen LogP contribution in [0.2, 0.25) is 5.02 Å². The fourth-order valence-electron chi connectivity index (χ4n) is 2.78. The molecule has 0 aliphatic carbocycles. The van der Waals surface area contributed by atoms with E-state index >= 15 is 4.39 Å². The molecule has 12 heteroatoms. The van der Waals surface area contributed by atoms with Crippen molar-refractivity contribution in [3.63, 3.8) is 0 Å². The van der Waals surface area contributed by atoms with Gasteiger partial charge in [-0.2, -0.15) is 0 Å². The van der Waals surface area contributed by atoms with Crippen molar-refractivity contribution < 1.29 is 31.2 Å². The number of sulfonamides is 1. The highest BCUT2D eigenvalue weighted by molar-refractivity contribution is 7.92. The molecule has 3 rings (SSSR count). The van der Waals surface area contributed by atoms with Gasteiger partial charge in [-0.25, -0.2) is 22.2 Å². The summed E-state index contributed by atoms with van der Waals surface area (Å²) in [5.74, 6) is -2.17. The maximum atomic E-state index is 15.2. The molecule has 162 valence electrons. The van der Waals surface area contributed by atoms with Crippen LogP contribution in [-0.4, -0.2) is 38.8 Å². The first kappa shape index (κ1) is 22.7. The lowest BCUT2D eigenvalue weighted by Gasteiger charge is -2.32. The molecule has 0 spiro atoms. The van der Waals surface area contributed by atoms with Crippen molar-refractivity contribution in [3.8, 4) is 5.88 Å². The quantitative estimate of drug-likeness (QED) is 0.690. The minimum absolute atomic E-state index is 0.0220. The molecule has 1 aliphatic rings. The molecule has 1 aromatic heterocycles. The van der Waals surface area contributed by atoms with Crippen molar-refractivity contribution in [3.05, 3.63) is 41.1 Å². The third-order valence-corrected chi connectivity index (χ3v) is 6.65. The van der Waals surface area contributed by atoms with E-state index in [0.29, 0.717) is 6.07 Å². The van der Waals surface area contributed by atoms with Crippen LogP contribution in [0.5, 0.6) is 5.88 Å². The second kappa shape index (κ2) is 7.63. The number of hydrogen-bond donors (Lipinski definition) is 1. The lowest BCUT2D eigenvalue weighted by atomic mass is 9.78. The van der Waals surface area contributed by atoms with Gasteiger partial charge in [0.05, 0.1) is 29.0 Å². The fraction of sp³-hybridized carbons (Fsp3) is 0.389. The minimum atomic E-state index is -4.41. The summed E-state index contributed by atoms with van der Waals surface area (Å²) < 4.78 is 73.5. The number of methoxy groups -OCH3 is 1. The molecule has 2 heterocycles. The number of nitrogens with zero attached hydrogens (tertiary/aromatic N) is 1. The number of pyridine rings is 1. The van der Waals surface area contributed by atoms with Gasteiger partial charge in [0.1, 0.15) is 11.6 Å². The lowest BCUT2D eigenvalue weighted by molar-refractivity contribution is 0.00578. The molecule has 1 aromatic carbocycles. The number of nitrogens with one attached hydrogen (secondary N) is 1. The summed E-state index contributed by atoms with van der Waals surface area (Å²) in [6.07, 6.45) is 1.19. The fourth-order valence-corrected chi connectivity index (χ4v) is 4.20. The third-order valence-electron chi connectivity index (χ3n) is 5.08. The van der Waals surface area contributed by atoms with Gasteiger partial charge >= 0.3 is 7.12 Å². The van der Waals surface area contributed by atoms with Gasteiger partial charge in [0.2, 0.25) is 5.88 Å². The predicted octanol–water partition coefficient (Wildman–Crippen LogP) is 3.12. The number of ether oxygens (including phenoxy) is 1.